The first-order chi connectivity index (χ1) is 9.45. The van der Waals surface area contributed by atoms with E-state index >= 15 is 0 Å². The summed E-state index contributed by atoms with van der Waals surface area (Å²) >= 11 is 1.20. The standard InChI is InChI=1S/C15H16FNO2S/c1-9(2)7-12-14(15(18)19)20-13(17-12)8-10-3-5-11(16)6-4-10/h3-6,9H,7-8H2,1-2H3,(H,18,19). The number of carboxylic acids is 1. The maximum absolute atomic E-state index is 12.9. The normalized spacial score (nSPS) is 11.0. The van der Waals surface area contributed by atoms with Crippen molar-refractivity contribution in [2.45, 2.75) is 26.7 Å². The molecule has 2 rings (SSSR count). The maximum Gasteiger partial charge on any atom is 0.347 e. The van der Waals surface area contributed by atoms with Crippen molar-refractivity contribution >= 4 is 17.3 Å². The Labute approximate surface area is 121 Å². The van der Waals surface area contributed by atoms with Crippen LogP contribution in [0.3, 0.4) is 0 Å². The summed E-state index contributed by atoms with van der Waals surface area (Å²) in [6.07, 6.45) is 1.19. The fourth-order valence-electron chi connectivity index (χ4n) is 1.95. The number of nitrogens with zero attached hydrogens (tertiary/aromatic N) is 1. The van der Waals surface area contributed by atoms with Gasteiger partial charge in [0.15, 0.2) is 0 Å². The lowest BCUT2D eigenvalue weighted by atomic mass is 10.1. The molecule has 1 aromatic carbocycles. The summed E-state index contributed by atoms with van der Waals surface area (Å²) in [6.45, 7) is 4.06. The predicted octanol–water partition coefficient (Wildman–Crippen LogP) is 3.77. The number of benzene rings is 1. The van der Waals surface area contributed by atoms with Crippen LogP contribution in [0.4, 0.5) is 4.39 Å². The average molecular weight is 293 g/mol. The SMILES string of the molecule is CC(C)Cc1nc(Cc2ccc(F)cc2)sc1C(=O)O. The van der Waals surface area contributed by atoms with E-state index in [4.69, 9.17) is 0 Å². The molecule has 3 nitrogen and oxygen atoms in total. The molecule has 0 saturated heterocycles. The molecule has 5 heteroatoms. The number of aromatic carboxylic acids is 1. The molecular weight excluding hydrogens is 277 g/mol. The van der Waals surface area contributed by atoms with Gasteiger partial charge in [-0.3, -0.25) is 0 Å². The first-order valence-electron chi connectivity index (χ1n) is 6.42. The Morgan fingerprint density at radius 2 is 2.00 bits per heavy atom. The van der Waals surface area contributed by atoms with Crippen molar-refractivity contribution in [3.63, 3.8) is 0 Å². The molecular formula is C15H16FNO2S. The van der Waals surface area contributed by atoms with Gasteiger partial charge in [-0.1, -0.05) is 26.0 Å². The molecule has 0 radical (unpaired) electrons. The van der Waals surface area contributed by atoms with Gasteiger partial charge < -0.3 is 5.11 Å². The lowest BCUT2D eigenvalue weighted by molar-refractivity contribution is 0.0700. The second-order valence-electron chi connectivity index (χ2n) is 5.09. The third-order valence-corrected chi connectivity index (χ3v) is 3.89. The number of halogens is 1. The van der Waals surface area contributed by atoms with Gasteiger partial charge in [0.2, 0.25) is 0 Å². The summed E-state index contributed by atoms with van der Waals surface area (Å²) in [5, 5.41) is 9.97. The first kappa shape index (κ1) is 14.7. The quantitative estimate of drug-likeness (QED) is 0.913. The Morgan fingerprint density at radius 1 is 1.35 bits per heavy atom. The van der Waals surface area contributed by atoms with Crippen LogP contribution in [0.5, 0.6) is 0 Å². The molecule has 0 bridgehead atoms. The molecule has 0 aliphatic rings. The first-order valence-corrected chi connectivity index (χ1v) is 7.23. The zero-order valence-corrected chi connectivity index (χ0v) is 12.2. The minimum absolute atomic E-state index is 0.278. The van der Waals surface area contributed by atoms with Crippen LogP contribution in [0.1, 0.15) is 39.8 Å². The number of rotatable bonds is 5. The highest BCUT2D eigenvalue weighted by molar-refractivity contribution is 7.13. The third-order valence-electron chi connectivity index (χ3n) is 2.81. The number of hydrogen-bond acceptors (Lipinski definition) is 3. The topological polar surface area (TPSA) is 50.2 Å². The highest BCUT2D eigenvalue weighted by atomic mass is 32.1. The van der Waals surface area contributed by atoms with Crippen molar-refractivity contribution in [1.82, 2.24) is 4.98 Å². The highest BCUT2D eigenvalue weighted by Gasteiger charge is 2.18. The van der Waals surface area contributed by atoms with Gasteiger partial charge in [0, 0.05) is 6.42 Å². The molecule has 1 heterocycles. The van der Waals surface area contributed by atoms with E-state index in [1.54, 1.807) is 12.1 Å². The van der Waals surface area contributed by atoms with Gasteiger partial charge in [0.25, 0.3) is 0 Å². The molecule has 0 unspecified atom stereocenters. The molecule has 1 aromatic heterocycles. The second kappa shape index (κ2) is 6.13. The highest BCUT2D eigenvalue weighted by Crippen LogP contribution is 2.23. The Balaban J connectivity index is 2.24. The van der Waals surface area contributed by atoms with Gasteiger partial charge in [0.1, 0.15) is 10.7 Å². The number of aromatic nitrogens is 1. The van der Waals surface area contributed by atoms with Crippen LogP contribution in [0.2, 0.25) is 0 Å². The summed E-state index contributed by atoms with van der Waals surface area (Å²) in [5.41, 5.74) is 1.57. The minimum Gasteiger partial charge on any atom is -0.477 e. The van der Waals surface area contributed by atoms with Crippen LogP contribution in [0.15, 0.2) is 24.3 Å². The monoisotopic (exact) mass is 293 g/mol. The van der Waals surface area contributed by atoms with E-state index in [0.29, 0.717) is 29.3 Å². The number of carbonyl (C=O) groups is 1. The maximum atomic E-state index is 12.9. The van der Waals surface area contributed by atoms with Gasteiger partial charge in [0.05, 0.1) is 10.7 Å². The molecule has 0 aliphatic heterocycles. The fourth-order valence-corrected chi connectivity index (χ4v) is 2.91. The minimum atomic E-state index is -0.927. The van der Waals surface area contributed by atoms with Crippen molar-refractivity contribution in [1.29, 1.82) is 0 Å². The number of hydrogen-bond donors (Lipinski definition) is 1. The van der Waals surface area contributed by atoms with Crippen LogP contribution in [0.25, 0.3) is 0 Å². The Kier molecular flexibility index (Phi) is 4.49. The largest absolute Gasteiger partial charge is 0.477 e. The molecule has 1 N–H and O–H groups in total. The summed E-state index contributed by atoms with van der Waals surface area (Å²) < 4.78 is 12.9. The smallest absolute Gasteiger partial charge is 0.347 e. The molecule has 0 aliphatic carbocycles. The summed E-state index contributed by atoms with van der Waals surface area (Å²) in [7, 11) is 0. The number of thiazole rings is 1. The van der Waals surface area contributed by atoms with Gasteiger partial charge in [-0.05, 0) is 30.0 Å². The van der Waals surface area contributed by atoms with Gasteiger partial charge in [-0.25, -0.2) is 14.2 Å². The van der Waals surface area contributed by atoms with E-state index in [-0.39, 0.29) is 5.82 Å². The molecule has 0 atom stereocenters. The molecule has 106 valence electrons. The molecule has 0 saturated carbocycles. The van der Waals surface area contributed by atoms with Crippen LogP contribution in [-0.2, 0) is 12.8 Å². The zero-order chi connectivity index (χ0) is 14.7. The van der Waals surface area contributed by atoms with Gasteiger partial charge >= 0.3 is 5.97 Å². The lowest BCUT2D eigenvalue weighted by Gasteiger charge is -2.01. The van der Waals surface area contributed by atoms with Crippen molar-refractivity contribution in [2.75, 3.05) is 0 Å². The van der Waals surface area contributed by atoms with Crippen LogP contribution >= 0.6 is 11.3 Å². The van der Waals surface area contributed by atoms with E-state index in [1.165, 1.54) is 23.5 Å². The fraction of sp³-hybridized carbons (Fsp3) is 0.333. The summed E-state index contributed by atoms with van der Waals surface area (Å²) in [4.78, 5) is 16.0. The summed E-state index contributed by atoms with van der Waals surface area (Å²) in [6, 6.07) is 6.19. The molecule has 0 fully saturated rings. The molecule has 0 amide bonds. The molecule has 0 spiro atoms. The van der Waals surface area contributed by atoms with Crippen LogP contribution in [0, 0.1) is 11.7 Å². The Morgan fingerprint density at radius 3 is 2.55 bits per heavy atom. The average Bonchev–Trinajstić information content (AvgIpc) is 2.74. The number of carboxylic acid groups (broad SMARTS) is 1. The third kappa shape index (κ3) is 3.63. The molecule has 20 heavy (non-hydrogen) atoms. The van der Waals surface area contributed by atoms with Gasteiger partial charge in [-0.2, -0.15) is 0 Å². The summed E-state index contributed by atoms with van der Waals surface area (Å²) in [5.74, 6) is -0.850. The van der Waals surface area contributed by atoms with E-state index in [9.17, 15) is 14.3 Å². The van der Waals surface area contributed by atoms with Crippen molar-refractivity contribution in [3.8, 4) is 0 Å². The van der Waals surface area contributed by atoms with Crippen molar-refractivity contribution < 1.29 is 14.3 Å². The van der Waals surface area contributed by atoms with Crippen molar-refractivity contribution in [2.24, 2.45) is 5.92 Å². The van der Waals surface area contributed by atoms with E-state index in [0.717, 1.165) is 10.6 Å². The zero-order valence-electron chi connectivity index (χ0n) is 11.4. The van der Waals surface area contributed by atoms with E-state index in [1.807, 2.05) is 13.8 Å². The predicted molar refractivity (Wildman–Crippen MR) is 76.8 cm³/mol. The Bertz CT molecular complexity index is 605. The van der Waals surface area contributed by atoms with Crippen LogP contribution in [-0.4, -0.2) is 16.1 Å². The Hall–Kier alpha value is -1.75. The van der Waals surface area contributed by atoms with Crippen LogP contribution < -0.4 is 0 Å². The van der Waals surface area contributed by atoms with E-state index in [2.05, 4.69) is 4.98 Å². The lowest BCUT2D eigenvalue weighted by Crippen LogP contribution is -2.02. The van der Waals surface area contributed by atoms with Gasteiger partial charge in [-0.15, -0.1) is 11.3 Å². The van der Waals surface area contributed by atoms with Crippen molar-refractivity contribution in [3.05, 3.63) is 51.2 Å². The second-order valence-corrected chi connectivity index (χ2v) is 6.17. The molecule has 2 aromatic rings. The van der Waals surface area contributed by atoms with E-state index < -0.39 is 5.97 Å².